The number of nitrogens with zero attached hydrogens (tertiary/aromatic N) is 2. The summed E-state index contributed by atoms with van der Waals surface area (Å²) in [6.07, 6.45) is 1.85. The minimum absolute atomic E-state index is 0.0610. The number of aromatic nitrogens is 1. The molecule has 6 heteroatoms. The third-order valence-electron chi connectivity index (χ3n) is 4.27. The van der Waals surface area contributed by atoms with E-state index in [1.807, 2.05) is 60.8 Å². The highest BCUT2D eigenvalue weighted by Crippen LogP contribution is 2.31. The molecule has 0 aliphatic carbocycles. The zero-order valence-corrected chi connectivity index (χ0v) is 15.8. The predicted molar refractivity (Wildman–Crippen MR) is 107 cm³/mol. The largest absolute Gasteiger partial charge is 0.497 e. The Kier molecular flexibility index (Phi) is 4.64. The number of carbonyl (C=O) groups is 1. The van der Waals surface area contributed by atoms with Gasteiger partial charge >= 0.3 is 0 Å². The number of thiazole rings is 1. The van der Waals surface area contributed by atoms with Crippen molar-refractivity contribution in [2.24, 2.45) is 0 Å². The number of aryl methyl sites for hydroxylation is 1. The second-order valence-electron chi connectivity index (χ2n) is 6.14. The number of ether oxygens (including phenoxy) is 1. The average molecular weight is 378 g/mol. The van der Waals surface area contributed by atoms with Crippen LogP contribution in [0.4, 0.5) is 10.8 Å². The standard InChI is InChI=1S/C21H18N2O3S/c1-14-13-27-21(22-14)23(16-6-4-3-5-7-16)20(24)10-15-12-26-19-11-17(25-2)8-9-18(15)19/h3-9,11-13H,10H2,1-2H3. The van der Waals surface area contributed by atoms with Gasteiger partial charge in [0.15, 0.2) is 5.13 Å². The molecular weight excluding hydrogens is 360 g/mol. The molecule has 0 saturated carbocycles. The van der Waals surface area contributed by atoms with Gasteiger partial charge in [0.05, 0.1) is 31.2 Å². The van der Waals surface area contributed by atoms with Gasteiger partial charge in [-0.2, -0.15) is 0 Å². The summed E-state index contributed by atoms with van der Waals surface area (Å²) in [5, 5.41) is 3.52. The lowest BCUT2D eigenvalue weighted by Crippen LogP contribution is -2.27. The number of hydrogen-bond donors (Lipinski definition) is 0. The van der Waals surface area contributed by atoms with Crippen molar-refractivity contribution < 1.29 is 13.9 Å². The van der Waals surface area contributed by atoms with Gasteiger partial charge in [-0.15, -0.1) is 11.3 Å². The summed E-state index contributed by atoms with van der Waals surface area (Å²) >= 11 is 1.46. The fraction of sp³-hybridized carbons (Fsp3) is 0.143. The fourth-order valence-electron chi connectivity index (χ4n) is 2.95. The topological polar surface area (TPSA) is 55.6 Å². The van der Waals surface area contributed by atoms with Crippen LogP contribution in [0.3, 0.4) is 0 Å². The van der Waals surface area contributed by atoms with Crippen LogP contribution in [0, 0.1) is 6.92 Å². The number of furan rings is 1. The van der Waals surface area contributed by atoms with Gasteiger partial charge < -0.3 is 9.15 Å². The van der Waals surface area contributed by atoms with Crippen LogP contribution >= 0.6 is 11.3 Å². The van der Waals surface area contributed by atoms with E-state index < -0.39 is 0 Å². The highest BCUT2D eigenvalue weighted by molar-refractivity contribution is 7.14. The molecule has 136 valence electrons. The normalized spacial score (nSPS) is 10.9. The zero-order valence-electron chi connectivity index (χ0n) is 15.0. The number of anilines is 2. The highest BCUT2D eigenvalue weighted by Gasteiger charge is 2.22. The van der Waals surface area contributed by atoms with E-state index in [9.17, 15) is 4.79 Å². The predicted octanol–water partition coefficient (Wildman–Crippen LogP) is 5.11. The number of benzene rings is 2. The molecule has 0 spiro atoms. The van der Waals surface area contributed by atoms with Gasteiger partial charge in [0, 0.05) is 22.4 Å². The molecule has 0 bridgehead atoms. The maximum absolute atomic E-state index is 13.2. The van der Waals surface area contributed by atoms with E-state index >= 15 is 0 Å². The molecule has 0 unspecified atom stereocenters. The van der Waals surface area contributed by atoms with Crippen LogP contribution < -0.4 is 9.64 Å². The molecule has 27 heavy (non-hydrogen) atoms. The van der Waals surface area contributed by atoms with Crippen LogP contribution in [0.5, 0.6) is 5.75 Å². The summed E-state index contributed by atoms with van der Waals surface area (Å²) in [5.74, 6) is 0.660. The number of rotatable bonds is 5. The maximum atomic E-state index is 13.2. The fourth-order valence-corrected chi connectivity index (χ4v) is 3.79. The molecule has 0 atom stereocenters. The van der Waals surface area contributed by atoms with E-state index in [4.69, 9.17) is 9.15 Å². The van der Waals surface area contributed by atoms with Crippen LogP contribution in [-0.4, -0.2) is 18.0 Å². The van der Waals surface area contributed by atoms with E-state index in [0.29, 0.717) is 10.7 Å². The molecule has 1 amide bonds. The second kappa shape index (κ2) is 7.25. The van der Waals surface area contributed by atoms with Crippen molar-refractivity contribution in [3.63, 3.8) is 0 Å². The SMILES string of the molecule is COc1ccc2c(CC(=O)N(c3ccccc3)c3nc(C)cs3)coc2c1. The molecule has 0 saturated heterocycles. The van der Waals surface area contributed by atoms with Crippen molar-refractivity contribution in [2.45, 2.75) is 13.3 Å². The third kappa shape index (κ3) is 3.44. The van der Waals surface area contributed by atoms with Crippen LogP contribution in [0.15, 0.2) is 64.6 Å². The van der Waals surface area contributed by atoms with Crippen molar-refractivity contribution in [3.8, 4) is 5.75 Å². The van der Waals surface area contributed by atoms with E-state index in [0.717, 1.165) is 28.1 Å². The minimum atomic E-state index is -0.0610. The van der Waals surface area contributed by atoms with E-state index in [-0.39, 0.29) is 12.3 Å². The number of hydrogen-bond acceptors (Lipinski definition) is 5. The van der Waals surface area contributed by atoms with Crippen molar-refractivity contribution in [1.82, 2.24) is 4.98 Å². The maximum Gasteiger partial charge on any atom is 0.237 e. The summed E-state index contributed by atoms with van der Waals surface area (Å²) < 4.78 is 10.9. The first-order valence-electron chi connectivity index (χ1n) is 8.50. The highest BCUT2D eigenvalue weighted by atomic mass is 32.1. The van der Waals surface area contributed by atoms with Crippen LogP contribution in [-0.2, 0) is 11.2 Å². The number of fused-ring (bicyclic) bond motifs is 1. The van der Waals surface area contributed by atoms with Crippen LogP contribution in [0.25, 0.3) is 11.0 Å². The van der Waals surface area contributed by atoms with Gasteiger partial charge in [-0.05, 0) is 31.2 Å². The van der Waals surface area contributed by atoms with Crippen molar-refractivity contribution in [1.29, 1.82) is 0 Å². The quantitative estimate of drug-likeness (QED) is 0.484. The Balaban J connectivity index is 1.68. The Labute approximate surface area is 160 Å². The molecule has 0 fully saturated rings. The summed E-state index contributed by atoms with van der Waals surface area (Å²) in [5.41, 5.74) is 3.23. The van der Waals surface area contributed by atoms with Crippen molar-refractivity contribution in [3.05, 3.63) is 71.4 Å². The molecule has 2 aromatic carbocycles. The lowest BCUT2D eigenvalue weighted by atomic mass is 10.1. The Morgan fingerprint density at radius 1 is 1.22 bits per heavy atom. The molecule has 2 aromatic heterocycles. The molecule has 2 heterocycles. The zero-order chi connectivity index (χ0) is 18.8. The number of para-hydroxylation sites is 1. The Morgan fingerprint density at radius 2 is 2.04 bits per heavy atom. The lowest BCUT2D eigenvalue weighted by molar-refractivity contribution is -0.117. The van der Waals surface area contributed by atoms with Crippen LogP contribution in [0.2, 0.25) is 0 Å². The molecule has 0 aliphatic rings. The first-order chi connectivity index (χ1) is 13.2. The smallest absolute Gasteiger partial charge is 0.237 e. The van der Waals surface area contributed by atoms with Crippen molar-refractivity contribution in [2.75, 3.05) is 12.0 Å². The second-order valence-corrected chi connectivity index (χ2v) is 6.97. The van der Waals surface area contributed by atoms with Crippen molar-refractivity contribution >= 4 is 39.0 Å². The molecule has 0 N–H and O–H groups in total. The summed E-state index contributed by atoms with van der Waals surface area (Å²) in [6.45, 7) is 1.92. The number of methoxy groups -OCH3 is 1. The molecule has 0 radical (unpaired) electrons. The van der Waals surface area contributed by atoms with Gasteiger partial charge in [0.2, 0.25) is 5.91 Å². The molecule has 5 nitrogen and oxygen atoms in total. The van der Waals surface area contributed by atoms with Crippen LogP contribution in [0.1, 0.15) is 11.3 Å². The van der Waals surface area contributed by atoms with Gasteiger partial charge in [-0.3, -0.25) is 9.69 Å². The Morgan fingerprint density at radius 3 is 2.74 bits per heavy atom. The average Bonchev–Trinajstić information content (AvgIpc) is 3.29. The first kappa shape index (κ1) is 17.3. The lowest BCUT2D eigenvalue weighted by Gasteiger charge is -2.19. The minimum Gasteiger partial charge on any atom is -0.497 e. The molecule has 0 aliphatic heterocycles. The van der Waals surface area contributed by atoms with E-state index in [2.05, 4.69) is 4.98 Å². The number of amides is 1. The summed E-state index contributed by atoms with van der Waals surface area (Å²) in [7, 11) is 1.61. The van der Waals surface area contributed by atoms with E-state index in [1.54, 1.807) is 18.3 Å². The Hall–Kier alpha value is -3.12. The van der Waals surface area contributed by atoms with Gasteiger partial charge in [-0.1, -0.05) is 18.2 Å². The van der Waals surface area contributed by atoms with E-state index in [1.165, 1.54) is 11.3 Å². The monoisotopic (exact) mass is 378 g/mol. The van der Waals surface area contributed by atoms with Gasteiger partial charge in [0.1, 0.15) is 11.3 Å². The molecule has 4 aromatic rings. The van der Waals surface area contributed by atoms with Gasteiger partial charge in [-0.25, -0.2) is 4.98 Å². The molecule has 4 rings (SSSR count). The first-order valence-corrected chi connectivity index (χ1v) is 9.38. The summed E-state index contributed by atoms with van der Waals surface area (Å²) in [6, 6.07) is 15.2. The summed E-state index contributed by atoms with van der Waals surface area (Å²) in [4.78, 5) is 19.4. The number of carbonyl (C=O) groups excluding carboxylic acids is 1. The van der Waals surface area contributed by atoms with Gasteiger partial charge in [0.25, 0.3) is 0 Å². The Bertz CT molecular complexity index is 1090. The third-order valence-corrected chi connectivity index (χ3v) is 5.21. The molecular formula is C21H18N2O3S.